The molecular weight excluding hydrogens is 350 g/mol. The topological polar surface area (TPSA) is 54.9 Å². The Hall–Kier alpha value is -1.92. The summed E-state index contributed by atoms with van der Waals surface area (Å²) in [5, 5.41) is 5.12. The maximum atomic E-state index is 12.4. The fraction of sp³-hybridized carbons (Fsp3) is 0.316. The first kappa shape index (κ1) is 16.5. The van der Waals surface area contributed by atoms with Crippen molar-refractivity contribution in [2.45, 2.75) is 38.1 Å². The highest BCUT2D eigenvalue weighted by Crippen LogP contribution is 2.39. The van der Waals surface area contributed by atoms with Gasteiger partial charge in [0.05, 0.1) is 5.75 Å². The molecule has 1 aliphatic rings. The van der Waals surface area contributed by atoms with Gasteiger partial charge in [-0.1, -0.05) is 23.9 Å². The number of aromatic nitrogens is 2. The van der Waals surface area contributed by atoms with Gasteiger partial charge in [-0.25, -0.2) is 9.97 Å². The summed E-state index contributed by atoms with van der Waals surface area (Å²) in [5.74, 6) is 0.349. The van der Waals surface area contributed by atoms with Crippen LogP contribution in [-0.4, -0.2) is 21.6 Å². The van der Waals surface area contributed by atoms with Crippen LogP contribution in [0.3, 0.4) is 0 Å². The third-order valence-electron chi connectivity index (χ3n) is 4.47. The minimum absolute atomic E-state index is 0.00247. The van der Waals surface area contributed by atoms with E-state index in [4.69, 9.17) is 0 Å². The van der Waals surface area contributed by atoms with Crippen LogP contribution < -0.4 is 5.32 Å². The number of nitrogens with zero attached hydrogens (tertiary/aromatic N) is 2. The zero-order valence-electron chi connectivity index (χ0n) is 14.3. The highest BCUT2D eigenvalue weighted by Gasteiger charge is 2.21. The van der Waals surface area contributed by atoms with E-state index in [9.17, 15) is 4.79 Å². The van der Waals surface area contributed by atoms with Gasteiger partial charge < -0.3 is 5.32 Å². The van der Waals surface area contributed by atoms with Gasteiger partial charge in [0.25, 0.3) is 0 Å². The molecule has 0 spiro atoms. The normalized spacial score (nSPS) is 13.2. The van der Waals surface area contributed by atoms with Crippen LogP contribution in [0.4, 0.5) is 5.69 Å². The Balaban J connectivity index is 1.51. The van der Waals surface area contributed by atoms with Crippen molar-refractivity contribution in [1.29, 1.82) is 0 Å². The molecule has 3 aromatic rings. The largest absolute Gasteiger partial charge is 0.325 e. The van der Waals surface area contributed by atoms with Crippen molar-refractivity contribution in [3.8, 4) is 0 Å². The summed E-state index contributed by atoms with van der Waals surface area (Å²) in [6.07, 6.45) is 5.07. The Kier molecular flexibility index (Phi) is 4.48. The van der Waals surface area contributed by atoms with E-state index in [1.54, 1.807) is 17.7 Å². The number of carbonyl (C=O) groups excluding carboxylic acids is 1. The Morgan fingerprint density at radius 1 is 1.28 bits per heavy atom. The molecule has 0 bridgehead atoms. The van der Waals surface area contributed by atoms with Crippen molar-refractivity contribution in [3.05, 3.63) is 46.1 Å². The number of hydrogen-bond donors (Lipinski definition) is 1. The van der Waals surface area contributed by atoms with E-state index in [-0.39, 0.29) is 5.91 Å². The molecule has 0 fully saturated rings. The van der Waals surface area contributed by atoms with Crippen LogP contribution in [0, 0.1) is 13.8 Å². The number of fused-ring (bicyclic) bond motifs is 3. The first-order valence-corrected chi connectivity index (χ1v) is 10.2. The summed E-state index contributed by atoms with van der Waals surface area (Å²) in [6, 6.07) is 6.09. The van der Waals surface area contributed by atoms with Crippen molar-refractivity contribution < 1.29 is 4.79 Å². The lowest BCUT2D eigenvalue weighted by atomic mass is 10.1. The number of anilines is 1. The van der Waals surface area contributed by atoms with Gasteiger partial charge in [-0.2, -0.15) is 0 Å². The van der Waals surface area contributed by atoms with Gasteiger partial charge in [-0.15, -0.1) is 11.3 Å². The molecule has 6 heteroatoms. The van der Waals surface area contributed by atoms with Crippen molar-refractivity contribution >= 4 is 44.9 Å². The van der Waals surface area contributed by atoms with Gasteiger partial charge >= 0.3 is 0 Å². The SMILES string of the molecule is Cc1ccc(C)c(NC(=O)CSc2ncnc3sc4c(c23)CCC4)c1. The first-order chi connectivity index (χ1) is 12.1. The number of carbonyl (C=O) groups is 1. The molecule has 1 amide bonds. The molecule has 128 valence electrons. The summed E-state index contributed by atoms with van der Waals surface area (Å²) in [4.78, 5) is 23.7. The predicted molar refractivity (Wildman–Crippen MR) is 105 cm³/mol. The molecule has 4 rings (SSSR count). The maximum absolute atomic E-state index is 12.4. The van der Waals surface area contributed by atoms with Crippen molar-refractivity contribution in [1.82, 2.24) is 9.97 Å². The van der Waals surface area contributed by atoms with Crippen LogP contribution in [0.2, 0.25) is 0 Å². The number of thiophene rings is 1. The molecule has 0 aliphatic heterocycles. The molecule has 4 nitrogen and oxygen atoms in total. The highest BCUT2D eigenvalue weighted by atomic mass is 32.2. The Morgan fingerprint density at radius 2 is 2.16 bits per heavy atom. The third-order valence-corrected chi connectivity index (χ3v) is 6.66. The standard InChI is InChI=1S/C19H19N3OS2/c1-11-6-7-12(2)14(8-11)22-16(23)9-24-18-17-13-4-3-5-15(13)25-19(17)21-10-20-18/h6-8,10H,3-5,9H2,1-2H3,(H,22,23). The lowest BCUT2D eigenvalue weighted by Gasteiger charge is -2.09. The zero-order chi connectivity index (χ0) is 17.4. The van der Waals surface area contributed by atoms with E-state index in [0.717, 1.165) is 39.5 Å². The highest BCUT2D eigenvalue weighted by molar-refractivity contribution is 8.00. The number of aryl methyl sites for hydroxylation is 4. The minimum Gasteiger partial charge on any atom is -0.325 e. The number of thioether (sulfide) groups is 1. The van der Waals surface area contributed by atoms with Crippen LogP contribution in [0.15, 0.2) is 29.6 Å². The molecule has 0 atom stereocenters. The van der Waals surface area contributed by atoms with E-state index >= 15 is 0 Å². The van der Waals surface area contributed by atoms with E-state index in [1.807, 2.05) is 26.0 Å². The molecule has 0 unspecified atom stereocenters. The third kappa shape index (κ3) is 3.28. The lowest BCUT2D eigenvalue weighted by Crippen LogP contribution is -2.15. The van der Waals surface area contributed by atoms with E-state index in [2.05, 4.69) is 21.4 Å². The lowest BCUT2D eigenvalue weighted by molar-refractivity contribution is -0.113. The molecule has 1 N–H and O–H groups in total. The van der Waals surface area contributed by atoms with Gasteiger partial charge in [0.2, 0.25) is 5.91 Å². The van der Waals surface area contributed by atoms with E-state index < -0.39 is 0 Å². The second-order valence-electron chi connectivity index (χ2n) is 6.37. The summed E-state index contributed by atoms with van der Waals surface area (Å²) < 4.78 is 0. The summed E-state index contributed by atoms with van der Waals surface area (Å²) in [6.45, 7) is 4.03. The van der Waals surface area contributed by atoms with Crippen LogP contribution in [0.25, 0.3) is 10.2 Å². The number of benzene rings is 1. The molecule has 1 aliphatic carbocycles. The fourth-order valence-electron chi connectivity index (χ4n) is 3.20. The van der Waals surface area contributed by atoms with Gasteiger partial charge in [-0.3, -0.25) is 4.79 Å². The second kappa shape index (κ2) is 6.77. The molecule has 0 radical (unpaired) electrons. The average Bonchev–Trinajstić information content (AvgIpc) is 3.17. The Bertz CT molecular complexity index is 965. The monoisotopic (exact) mass is 369 g/mol. The zero-order valence-corrected chi connectivity index (χ0v) is 15.9. The number of nitrogens with one attached hydrogen (secondary N) is 1. The fourth-order valence-corrected chi connectivity index (χ4v) is 5.32. The van der Waals surface area contributed by atoms with Crippen molar-refractivity contribution in [2.75, 3.05) is 11.1 Å². The van der Waals surface area contributed by atoms with Gasteiger partial charge in [0.15, 0.2) is 0 Å². The van der Waals surface area contributed by atoms with Crippen LogP contribution >= 0.6 is 23.1 Å². The molecule has 2 heterocycles. The minimum atomic E-state index is -0.00247. The van der Waals surface area contributed by atoms with Crippen LogP contribution in [0.1, 0.15) is 28.0 Å². The summed E-state index contributed by atoms with van der Waals surface area (Å²) >= 11 is 3.28. The van der Waals surface area contributed by atoms with Gasteiger partial charge in [0.1, 0.15) is 16.2 Å². The molecule has 0 saturated carbocycles. The number of hydrogen-bond acceptors (Lipinski definition) is 5. The molecule has 1 aromatic carbocycles. The van der Waals surface area contributed by atoms with E-state index in [1.165, 1.54) is 34.0 Å². The second-order valence-corrected chi connectivity index (χ2v) is 8.42. The number of rotatable bonds is 4. The van der Waals surface area contributed by atoms with Gasteiger partial charge in [-0.05, 0) is 55.9 Å². The molecular formula is C19H19N3OS2. The maximum Gasteiger partial charge on any atom is 0.234 e. The van der Waals surface area contributed by atoms with Crippen LogP contribution in [0.5, 0.6) is 0 Å². The quantitative estimate of drug-likeness (QED) is 0.542. The van der Waals surface area contributed by atoms with Crippen LogP contribution in [-0.2, 0) is 17.6 Å². The summed E-state index contributed by atoms with van der Waals surface area (Å²) in [5.41, 5.74) is 4.50. The molecule has 0 saturated heterocycles. The predicted octanol–water partition coefficient (Wildman–Crippen LogP) is 4.53. The van der Waals surface area contributed by atoms with Crippen molar-refractivity contribution in [2.24, 2.45) is 0 Å². The van der Waals surface area contributed by atoms with Crippen molar-refractivity contribution in [3.63, 3.8) is 0 Å². The Morgan fingerprint density at radius 3 is 3.04 bits per heavy atom. The first-order valence-electron chi connectivity index (χ1n) is 8.37. The van der Waals surface area contributed by atoms with Gasteiger partial charge in [0, 0.05) is 16.0 Å². The Labute approximate surface area is 155 Å². The molecule has 2 aromatic heterocycles. The number of amides is 1. The summed E-state index contributed by atoms with van der Waals surface area (Å²) in [7, 11) is 0. The molecule has 25 heavy (non-hydrogen) atoms. The average molecular weight is 370 g/mol. The van der Waals surface area contributed by atoms with E-state index in [0.29, 0.717) is 5.75 Å². The smallest absolute Gasteiger partial charge is 0.234 e.